The molecule has 0 radical (unpaired) electrons. The molecule has 1 heterocycles. The predicted octanol–water partition coefficient (Wildman–Crippen LogP) is 4.39. The van der Waals surface area contributed by atoms with Gasteiger partial charge in [-0.1, -0.05) is 24.3 Å². The summed E-state index contributed by atoms with van der Waals surface area (Å²) in [5, 5.41) is 0. The number of aromatic nitrogens is 2. The molecule has 4 aromatic rings. The van der Waals surface area contributed by atoms with Crippen molar-refractivity contribution >= 4 is 22.8 Å². The second kappa shape index (κ2) is 9.06. The standard InChI is InChI=1S/C26H26N4O2/c1-4-29(17-19-9-11-20(12-10-19)25(31)28(2)3)26(32)21-13-15-22(16-14-21)30-18-27-23-7-5-6-8-24(23)30/h5-16,18H,4,17H2,1-3H3. The first-order valence-corrected chi connectivity index (χ1v) is 10.6. The molecule has 0 spiro atoms. The summed E-state index contributed by atoms with van der Waals surface area (Å²) in [6.45, 7) is 3.04. The maximum Gasteiger partial charge on any atom is 0.254 e. The molecule has 1 aromatic heterocycles. The molecule has 0 bridgehead atoms. The van der Waals surface area contributed by atoms with Gasteiger partial charge in [0.25, 0.3) is 11.8 Å². The van der Waals surface area contributed by atoms with Gasteiger partial charge in [0.05, 0.1) is 11.0 Å². The second-order valence-corrected chi connectivity index (χ2v) is 7.87. The maximum absolute atomic E-state index is 13.1. The fraction of sp³-hybridized carbons (Fsp3) is 0.192. The quantitative estimate of drug-likeness (QED) is 0.459. The summed E-state index contributed by atoms with van der Waals surface area (Å²) in [4.78, 5) is 32.9. The van der Waals surface area contributed by atoms with E-state index in [2.05, 4.69) is 4.98 Å². The normalized spacial score (nSPS) is 10.8. The first-order chi connectivity index (χ1) is 15.5. The van der Waals surface area contributed by atoms with Gasteiger partial charge < -0.3 is 9.80 Å². The van der Waals surface area contributed by atoms with Gasteiger partial charge in [-0.2, -0.15) is 0 Å². The zero-order chi connectivity index (χ0) is 22.7. The lowest BCUT2D eigenvalue weighted by Crippen LogP contribution is -2.30. The molecular weight excluding hydrogens is 400 g/mol. The van der Waals surface area contributed by atoms with Gasteiger partial charge in [-0.25, -0.2) is 4.98 Å². The van der Waals surface area contributed by atoms with Gasteiger partial charge in [0.1, 0.15) is 6.33 Å². The van der Waals surface area contributed by atoms with E-state index in [1.807, 2.05) is 72.2 Å². The van der Waals surface area contributed by atoms with E-state index in [1.54, 1.807) is 42.4 Å². The smallest absolute Gasteiger partial charge is 0.254 e. The van der Waals surface area contributed by atoms with Gasteiger partial charge >= 0.3 is 0 Å². The number of carbonyl (C=O) groups is 2. The van der Waals surface area contributed by atoms with E-state index in [0.717, 1.165) is 22.3 Å². The van der Waals surface area contributed by atoms with Crippen LogP contribution in [0.25, 0.3) is 16.7 Å². The van der Waals surface area contributed by atoms with Crippen LogP contribution in [0.4, 0.5) is 0 Å². The molecule has 0 aliphatic carbocycles. The van der Waals surface area contributed by atoms with Crippen LogP contribution in [0.3, 0.4) is 0 Å². The minimum atomic E-state index is -0.0364. The van der Waals surface area contributed by atoms with Crippen molar-refractivity contribution in [2.75, 3.05) is 20.6 Å². The van der Waals surface area contributed by atoms with Crippen LogP contribution in [0, 0.1) is 0 Å². The molecule has 0 aliphatic rings. The Balaban J connectivity index is 1.49. The number of hydrogen-bond donors (Lipinski definition) is 0. The van der Waals surface area contributed by atoms with Crippen LogP contribution in [0.2, 0.25) is 0 Å². The van der Waals surface area contributed by atoms with Gasteiger partial charge in [-0.3, -0.25) is 14.2 Å². The van der Waals surface area contributed by atoms with Crippen molar-refractivity contribution < 1.29 is 9.59 Å². The number of carbonyl (C=O) groups excluding carboxylic acids is 2. The van der Waals surface area contributed by atoms with Gasteiger partial charge in [0, 0.05) is 44.0 Å². The fourth-order valence-corrected chi connectivity index (χ4v) is 3.67. The molecule has 4 rings (SSSR count). The number of rotatable bonds is 6. The number of benzene rings is 3. The SMILES string of the molecule is CCN(Cc1ccc(C(=O)N(C)C)cc1)C(=O)c1ccc(-n2cnc3ccccc32)cc1. The van der Waals surface area contributed by atoms with Crippen molar-refractivity contribution in [2.24, 2.45) is 0 Å². The second-order valence-electron chi connectivity index (χ2n) is 7.87. The lowest BCUT2D eigenvalue weighted by molar-refractivity contribution is 0.0751. The highest BCUT2D eigenvalue weighted by molar-refractivity contribution is 5.95. The summed E-state index contributed by atoms with van der Waals surface area (Å²) >= 11 is 0. The van der Waals surface area contributed by atoms with E-state index in [-0.39, 0.29) is 11.8 Å². The van der Waals surface area contributed by atoms with E-state index >= 15 is 0 Å². The molecule has 6 heteroatoms. The Morgan fingerprint density at radius 2 is 1.47 bits per heavy atom. The molecule has 0 saturated carbocycles. The zero-order valence-electron chi connectivity index (χ0n) is 18.5. The van der Waals surface area contributed by atoms with E-state index in [9.17, 15) is 9.59 Å². The molecule has 2 amide bonds. The van der Waals surface area contributed by atoms with Gasteiger partial charge in [0.2, 0.25) is 0 Å². The minimum absolute atomic E-state index is 0.0250. The van der Waals surface area contributed by atoms with Crippen molar-refractivity contribution in [3.8, 4) is 5.69 Å². The number of hydrogen-bond acceptors (Lipinski definition) is 3. The third-order valence-electron chi connectivity index (χ3n) is 5.50. The topological polar surface area (TPSA) is 58.4 Å². The average molecular weight is 427 g/mol. The highest BCUT2D eigenvalue weighted by atomic mass is 16.2. The predicted molar refractivity (Wildman–Crippen MR) is 126 cm³/mol. The van der Waals surface area contributed by atoms with Gasteiger partial charge in [-0.15, -0.1) is 0 Å². The van der Waals surface area contributed by atoms with Crippen molar-refractivity contribution in [1.82, 2.24) is 19.4 Å². The van der Waals surface area contributed by atoms with Crippen LogP contribution in [0.15, 0.2) is 79.1 Å². The Bertz CT molecular complexity index is 1240. The molecule has 0 aliphatic heterocycles. The monoisotopic (exact) mass is 426 g/mol. The van der Waals surface area contributed by atoms with Gasteiger partial charge in [-0.05, 0) is 61.0 Å². The van der Waals surface area contributed by atoms with Crippen LogP contribution < -0.4 is 0 Å². The largest absolute Gasteiger partial charge is 0.345 e. The Kier molecular flexibility index (Phi) is 6.03. The van der Waals surface area contributed by atoms with Crippen LogP contribution in [-0.4, -0.2) is 51.8 Å². The summed E-state index contributed by atoms with van der Waals surface area (Å²) in [5.41, 5.74) is 5.17. The lowest BCUT2D eigenvalue weighted by Gasteiger charge is -2.21. The van der Waals surface area contributed by atoms with Crippen LogP contribution in [-0.2, 0) is 6.54 Å². The number of para-hydroxylation sites is 2. The molecule has 0 saturated heterocycles. The Morgan fingerprint density at radius 3 is 2.12 bits per heavy atom. The average Bonchev–Trinajstić information content (AvgIpc) is 3.26. The fourth-order valence-electron chi connectivity index (χ4n) is 3.67. The number of nitrogens with zero attached hydrogens (tertiary/aromatic N) is 4. The van der Waals surface area contributed by atoms with E-state index < -0.39 is 0 Å². The number of imidazole rings is 1. The summed E-state index contributed by atoms with van der Waals surface area (Å²) in [5.74, 6) is -0.0614. The summed E-state index contributed by atoms with van der Waals surface area (Å²) < 4.78 is 2.01. The summed E-state index contributed by atoms with van der Waals surface area (Å²) in [6, 6.07) is 23.0. The third kappa shape index (κ3) is 4.25. The van der Waals surface area contributed by atoms with Crippen LogP contribution in [0.1, 0.15) is 33.2 Å². The Hall–Kier alpha value is -3.93. The van der Waals surface area contributed by atoms with Crippen molar-refractivity contribution in [1.29, 1.82) is 0 Å². The molecule has 32 heavy (non-hydrogen) atoms. The molecule has 0 N–H and O–H groups in total. The van der Waals surface area contributed by atoms with Crippen LogP contribution >= 0.6 is 0 Å². The Labute approximate surface area is 187 Å². The molecule has 0 unspecified atom stereocenters. The van der Waals surface area contributed by atoms with E-state index in [4.69, 9.17) is 0 Å². The number of amides is 2. The van der Waals surface area contributed by atoms with E-state index in [0.29, 0.717) is 24.2 Å². The zero-order valence-corrected chi connectivity index (χ0v) is 18.5. The highest BCUT2D eigenvalue weighted by Gasteiger charge is 2.16. The Morgan fingerprint density at radius 1 is 0.844 bits per heavy atom. The molecule has 0 fully saturated rings. The van der Waals surface area contributed by atoms with Crippen molar-refractivity contribution in [3.05, 3.63) is 95.8 Å². The first kappa shape index (κ1) is 21.3. The molecule has 3 aromatic carbocycles. The van der Waals surface area contributed by atoms with Crippen LogP contribution in [0.5, 0.6) is 0 Å². The maximum atomic E-state index is 13.1. The summed E-state index contributed by atoms with van der Waals surface area (Å²) in [7, 11) is 3.46. The molecule has 0 atom stereocenters. The first-order valence-electron chi connectivity index (χ1n) is 10.6. The molecule has 6 nitrogen and oxygen atoms in total. The minimum Gasteiger partial charge on any atom is -0.345 e. The molecule has 162 valence electrons. The van der Waals surface area contributed by atoms with E-state index in [1.165, 1.54) is 0 Å². The number of fused-ring (bicyclic) bond motifs is 1. The third-order valence-corrected chi connectivity index (χ3v) is 5.50. The van der Waals surface area contributed by atoms with Gasteiger partial charge in [0.15, 0.2) is 0 Å². The highest BCUT2D eigenvalue weighted by Crippen LogP contribution is 2.19. The van der Waals surface area contributed by atoms with Crippen molar-refractivity contribution in [3.63, 3.8) is 0 Å². The van der Waals surface area contributed by atoms with Crippen molar-refractivity contribution in [2.45, 2.75) is 13.5 Å². The lowest BCUT2D eigenvalue weighted by atomic mass is 10.1. The molecular formula is C26H26N4O2. The summed E-state index contributed by atoms with van der Waals surface area (Å²) in [6.07, 6.45) is 1.80.